The van der Waals surface area contributed by atoms with Gasteiger partial charge in [-0.25, -0.2) is 8.42 Å². The van der Waals surface area contributed by atoms with E-state index in [2.05, 4.69) is 4.98 Å². The van der Waals surface area contributed by atoms with Crippen molar-refractivity contribution < 1.29 is 13.2 Å². The number of carbonyl (C=O) groups is 1. The molecule has 152 valence electrons. The number of aromatic nitrogens is 1. The van der Waals surface area contributed by atoms with Crippen LogP contribution in [0.3, 0.4) is 0 Å². The molecule has 1 aromatic heterocycles. The number of rotatable bonds is 4. The topological polar surface area (TPSA) is 73.5 Å². The minimum absolute atomic E-state index is 0.104. The van der Waals surface area contributed by atoms with Crippen LogP contribution in [0.4, 0.5) is 0 Å². The minimum Gasteiger partial charge on any atom is -0.358 e. The highest BCUT2D eigenvalue weighted by atomic mass is 32.2. The average molecular weight is 404 g/mol. The molecule has 0 atom stereocenters. The first-order valence-electron chi connectivity index (χ1n) is 10.3. The second kappa shape index (κ2) is 7.87. The van der Waals surface area contributed by atoms with Gasteiger partial charge < -0.3 is 9.88 Å². The summed E-state index contributed by atoms with van der Waals surface area (Å²) in [7, 11) is -2.20. The highest BCUT2D eigenvalue weighted by molar-refractivity contribution is 7.89. The van der Waals surface area contributed by atoms with Gasteiger partial charge in [0.15, 0.2) is 0 Å². The number of hydrogen-bond acceptors (Lipinski definition) is 3. The molecule has 2 aliphatic rings. The molecule has 0 spiro atoms. The van der Waals surface area contributed by atoms with Crippen molar-refractivity contribution in [2.75, 3.05) is 26.7 Å². The number of carbonyl (C=O) groups excluding carboxylic acids is 1. The summed E-state index contributed by atoms with van der Waals surface area (Å²) in [6.45, 7) is 1.36. The summed E-state index contributed by atoms with van der Waals surface area (Å²) in [5, 5.41) is 1.00. The van der Waals surface area contributed by atoms with E-state index in [1.807, 2.05) is 11.0 Å². The number of sulfonamides is 1. The van der Waals surface area contributed by atoms with E-state index in [0.717, 1.165) is 68.9 Å². The second-order valence-corrected chi connectivity index (χ2v) is 10.1. The lowest BCUT2D eigenvalue weighted by Gasteiger charge is -2.24. The van der Waals surface area contributed by atoms with Crippen LogP contribution < -0.4 is 0 Å². The number of likely N-dealkylation sites (N-methyl/N-ethyl adjacent to an activating group) is 1. The summed E-state index contributed by atoms with van der Waals surface area (Å²) in [6, 6.07) is 5.27. The Morgan fingerprint density at radius 1 is 1.07 bits per heavy atom. The number of benzene rings is 1. The summed E-state index contributed by atoms with van der Waals surface area (Å²) >= 11 is 0. The number of amides is 1. The number of aryl methyl sites for hydroxylation is 2. The van der Waals surface area contributed by atoms with Crippen LogP contribution in [0, 0.1) is 0 Å². The molecule has 4 rings (SSSR count). The lowest BCUT2D eigenvalue weighted by molar-refractivity contribution is -0.131. The van der Waals surface area contributed by atoms with Gasteiger partial charge in [-0.1, -0.05) is 12.8 Å². The van der Waals surface area contributed by atoms with Crippen molar-refractivity contribution >= 4 is 26.8 Å². The Balaban J connectivity index is 1.56. The Hall–Kier alpha value is -1.86. The molecule has 1 N–H and O–H groups in total. The number of H-pyrrole nitrogens is 1. The molecule has 1 aromatic carbocycles. The molecule has 2 heterocycles. The van der Waals surface area contributed by atoms with Gasteiger partial charge >= 0.3 is 0 Å². The quantitative estimate of drug-likeness (QED) is 0.853. The molecule has 0 unspecified atom stereocenters. The fourth-order valence-electron chi connectivity index (χ4n) is 4.42. The zero-order valence-electron chi connectivity index (χ0n) is 16.5. The minimum atomic E-state index is -3.71. The van der Waals surface area contributed by atoms with E-state index in [1.54, 1.807) is 12.1 Å². The van der Waals surface area contributed by atoms with Crippen molar-refractivity contribution in [1.82, 2.24) is 14.2 Å². The maximum absolute atomic E-state index is 13.1. The number of fused-ring (bicyclic) bond motifs is 3. The molecule has 1 fully saturated rings. The Kier molecular flexibility index (Phi) is 5.47. The smallest absolute Gasteiger partial charge is 0.243 e. The van der Waals surface area contributed by atoms with E-state index in [9.17, 15) is 13.2 Å². The fraction of sp³-hybridized carbons (Fsp3) is 0.571. The molecule has 1 amide bonds. The van der Waals surface area contributed by atoms with Crippen molar-refractivity contribution in [2.45, 2.75) is 56.3 Å². The fourth-order valence-corrected chi connectivity index (χ4v) is 5.57. The Morgan fingerprint density at radius 2 is 1.79 bits per heavy atom. The Bertz CT molecular complexity index is 972. The van der Waals surface area contributed by atoms with Crippen LogP contribution in [0.2, 0.25) is 0 Å². The number of aromatic amines is 1. The number of nitrogens with zero attached hydrogens (tertiary/aromatic N) is 2. The number of nitrogens with one attached hydrogen (secondary N) is 1. The Labute approximate surface area is 166 Å². The third-order valence-electron chi connectivity index (χ3n) is 6.09. The standard InChI is InChI=1S/C21H29N3O3S/c1-23(15-21(25)24-12-6-2-3-7-13-24)28(26,27)16-10-11-20-18(14-16)17-8-4-5-9-19(17)22-20/h10-11,14,22H,2-9,12-13,15H2,1H3. The van der Waals surface area contributed by atoms with Crippen LogP contribution in [0.25, 0.3) is 10.9 Å². The molecular formula is C21H29N3O3S. The normalized spacial score (nSPS) is 18.3. The second-order valence-electron chi connectivity index (χ2n) is 8.05. The summed E-state index contributed by atoms with van der Waals surface area (Å²) in [6.07, 6.45) is 8.60. The molecule has 6 nitrogen and oxygen atoms in total. The molecule has 0 saturated carbocycles. The summed E-state index contributed by atoms with van der Waals surface area (Å²) in [5.41, 5.74) is 3.48. The van der Waals surface area contributed by atoms with Crippen LogP contribution in [-0.2, 0) is 27.7 Å². The van der Waals surface area contributed by atoms with E-state index in [-0.39, 0.29) is 17.3 Å². The van der Waals surface area contributed by atoms with Crippen molar-refractivity contribution in [3.8, 4) is 0 Å². The van der Waals surface area contributed by atoms with Gasteiger partial charge in [0, 0.05) is 36.7 Å². The van der Waals surface area contributed by atoms with Gasteiger partial charge in [-0.05, 0) is 62.3 Å². The van der Waals surface area contributed by atoms with Crippen LogP contribution in [0.1, 0.15) is 49.8 Å². The van der Waals surface area contributed by atoms with E-state index < -0.39 is 10.0 Å². The average Bonchev–Trinajstić information content (AvgIpc) is 2.86. The van der Waals surface area contributed by atoms with Gasteiger partial charge in [-0.3, -0.25) is 4.79 Å². The summed E-state index contributed by atoms with van der Waals surface area (Å²) < 4.78 is 27.4. The number of likely N-dealkylation sites (tertiary alicyclic amines) is 1. The van der Waals surface area contributed by atoms with Gasteiger partial charge in [0.1, 0.15) is 0 Å². The molecule has 1 aliphatic carbocycles. The molecule has 1 aliphatic heterocycles. The van der Waals surface area contributed by atoms with Crippen molar-refractivity contribution in [2.24, 2.45) is 0 Å². The molecule has 7 heteroatoms. The molecular weight excluding hydrogens is 374 g/mol. The third-order valence-corrected chi connectivity index (χ3v) is 7.89. The first-order chi connectivity index (χ1) is 13.5. The predicted octanol–water partition coefficient (Wildman–Crippen LogP) is 3.07. The van der Waals surface area contributed by atoms with Crippen molar-refractivity contribution in [1.29, 1.82) is 0 Å². The molecule has 28 heavy (non-hydrogen) atoms. The van der Waals surface area contributed by atoms with E-state index in [0.29, 0.717) is 0 Å². The van der Waals surface area contributed by atoms with Gasteiger partial charge in [0.05, 0.1) is 11.4 Å². The monoisotopic (exact) mass is 403 g/mol. The maximum atomic E-state index is 13.1. The zero-order chi connectivity index (χ0) is 19.7. The van der Waals surface area contributed by atoms with E-state index in [1.165, 1.54) is 29.0 Å². The van der Waals surface area contributed by atoms with Gasteiger partial charge in [0.25, 0.3) is 0 Å². The summed E-state index contributed by atoms with van der Waals surface area (Å²) in [5.74, 6) is -0.104. The van der Waals surface area contributed by atoms with Crippen molar-refractivity contribution in [3.05, 3.63) is 29.5 Å². The zero-order valence-corrected chi connectivity index (χ0v) is 17.4. The lowest BCUT2D eigenvalue weighted by atomic mass is 9.96. The van der Waals surface area contributed by atoms with Crippen LogP contribution >= 0.6 is 0 Å². The first-order valence-corrected chi connectivity index (χ1v) is 11.8. The van der Waals surface area contributed by atoms with Crippen LogP contribution in [0.5, 0.6) is 0 Å². The maximum Gasteiger partial charge on any atom is 0.243 e. The molecule has 1 saturated heterocycles. The van der Waals surface area contributed by atoms with E-state index >= 15 is 0 Å². The van der Waals surface area contributed by atoms with Gasteiger partial charge in [-0.2, -0.15) is 4.31 Å². The molecule has 0 radical (unpaired) electrons. The molecule has 0 bridgehead atoms. The summed E-state index contributed by atoms with van der Waals surface area (Å²) in [4.78, 5) is 18.1. The SMILES string of the molecule is CN(CC(=O)N1CCCCCC1)S(=O)(=O)c1ccc2[nH]c3c(c2c1)CCCC3. The highest BCUT2D eigenvalue weighted by Crippen LogP contribution is 2.31. The van der Waals surface area contributed by atoms with Gasteiger partial charge in [0.2, 0.25) is 15.9 Å². The highest BCUT2D eigenvalue weighted by Gasteiger charge is 2.26. The van der Waals surface area contributed by atoms with E-state index in [4.69, 9.17) is 0 Å². The van der Waals surface area contributed by atoms with Crippen LogP contribution in [-0.4, -0.2) is 55.2 Å². The Morgan fingerprint density at radius 3 is 2.54 bits per heavy atom. The third kappa shape index (κ3) is 3.70. The van der Waals surface area contributed by atoms with Crippen LogP contribution in [0.15, 0.2) is 23.1 Å². The first kappa shape index (κ1) is 19.5. The lowest BCUT2D eigenvalue weighted by Crippen LogP contribution is -2.41. The van der Waals surface area contributed by atoms with Crippen molar-refractivity contribution in [3.63, 3.8) is 0 Å². The predicted molar refractivity (Wildman–Crippen MR) is 110 cm³/mol. The number of hydrogen-bond donors (Lipinski definition) is 1. The van der Waals surface area contributed by atoms with Gasteiger partial charge in [-0.15, -0.1) is 0 Å². The largest absolute Gasteiger partial charge is 0.358 e. The molecule has 2 aromatic rings.